The molecule has 2 amide bonds. The summed E-state index contributed by atoms with van der Waals surface area (Å²) < 4.78 is 4.16. The Balaban J connectivity index is 2.08. The average Bonchev–Trinajstić information content (AvgIpc) is 2.42. The average molecular weight is 306 g/mol. The smallest absolute Gasteiger partial charge is 0.408 e. The summed E-state index contributed by atoms with van der Waals surface area (Å²) in [6.45, 7) is 5.31. The van der Waals surface area contributed by atoms with Crippen LogP contribution < -0.4 is 9.96 Å². The predicted molar refractivity (Wildman–Crippen MR) is 83.9 cm³/mol. The number of nitrogens with zero attached hydrogens (tertiary/aromatic N) is 1. The van der Waals surface area contributed by atoms with Gasteiger partial charge in [0.1, 0.15) is 17.8 Å². The molecule has 1 saturated heterocycles. The van der Waals surface area contributed by atoms with Crippen molar-refractivity contribution in [3.05, 3.63) is 35.5 Å². The molecule has 1 aromatic carbocycles. The number of rotatable bonds is 2. The Hall–Kier alpha value is -1.92. The van der Waals surface area contributed by atoms with Crippen LogP contribution in [0, 0.1) is 5.21 Å². The topological polar surface area (TPSA) is 78.5 Å². The SMILES string of the molecule is CC(C)(C)OC(=O)N[C@H]1CCC(=O)[N+]([O-])(c2ccccc2)C1. The second-order valence-corrected chi connectivity index (χ2v) is 6.53. The lowest BCUT2D eigenvalue weighted by atomic mass is 10.0. The van der Waals surface area contributed by atoms with Gasteiger partial charge >= 0.3 is 12.0 Å². The van der Waals surface area contributed by atoms with E-state index in [0.29, 0.717) is 12.1 Å². The quantitative estimate of drug-likeness (QED) is 0.673. The fourth-order valence-corrected chi connectivity index (χ4v) is 2.49. The number of ether oxygens (including phenoxy) is 1. The van der Waals surface area contributed by atoms with Crippen LogP contribution in [0.5, 0.6) is 0 Å². The molecule has 1 aromatic rings. The first-order chi connectivity index (χ1) is 10.2. The number of nitrogens with one attached hydrogen (secondary N) is 1. The second kappa shape index (κ2) is 6.06. The van der Waals surface area contributed by atoms with Gasteiger partial charge in [-0.05, 0) is 39.3 Å². The molecule has 0 spiro atoms. The molecule has 0 saturated carbocycles. The van der Waals surface area contributed by atoms with Crippen molar-refractivity contribution in [3.8, 4) is 0 Å². The number of hydrogen-bond donors (Lipinski definition) is 1. The zero-order chi connectivity index (χ0) is 16.4. The molecule has 0 aromatic heterocycles. The van der Waals surface area contributed by atoms with Crippen molar-refractivity contribution >= 4 is 17.7 Å². The number of carbonyl (C=O) groups is 2. The van der Waals surface area contributed by atoms with Gasteiger partial charge in [0.2, 0.25) is 0 Å². The monoisotopic (exact) mass is 306 g/mol. The molecule has 1 aliphatic heterocycles. The van der Waals surface area contributed by atoms with Crippen molar-refractivity contribution in [1.82, 2.24) is 9.96 Å². The van der Waals surface area contributed by atoms with Gasteiger partial charge in [-0.2, -0.15) is 0 Å². The molecule has 1 heterocycles. The van der Waals surface area contributed by atoms with Crippen LogP contribution in [0.2, 0.25) is 0 Å². The van der Waals surface area contributed by atoms with E-state index in [0.717, 1.165) is 0 Å². The lowest BCUT2D eigenvalue weighted by Crippen LogP contribution is -2.60. The standard InChI is InChI=1S/C16H22N2O4/c1-16(2,3)22-15(20)17-12-9-10-14(19)18(21,11-12)13-7-5-4-6-8-13/h4-8,12H,9-11H2,1-3H3,(H,17,20)/t12-,18?/m0/s1. The van der Waals surface area contributed by atoms with Gasteiger partial charge in [-0.15, -0.1) is 0 Å². The van der Waals surface area contributed by atoms with E-state index in [1.807, 2.05) is 0 Å². The van der Waals surface area contributed by atoms with Gasteiger partial charge in [-0.1, -0.05) is 18.2 Å². The number of alkyl carbamates (subject to hydrolysis) is 1. The number of hydroxylamine groups is 2. The Morgan fingerprint density at radius 1 is 1.32 bits per heavy atom. The summed E-state index contributed by atoms with van der Waals surface area (Å²) in [7, 11) is 0. The van der Waals surface area contributed by atoms with E-state index in [-0.39, 0.29) is 24.9 Å². The number of para-hydroxylation sites is 1. The van der Waals surface area contributed by atoms with Gasteiger partial charge in [-0.3, -0.25) is 4.65 Å². The van der Waals surface area contributed by atoms with E-state index in [9.17, 15) is 14.8 Å². The molecule has 2 rings (SSSR count). The maximum absolute atomic E-state index is 12.9. The first-order valence-electron chi connectivity index (χ1n) is 7.38. The number of quaternary nitrogens is 1. The van der Waals surface area contributed by atoms with Gasteiger partial charge in [0.15, 0.2) is 0 Å². The van der Waals surface area contributed by atoms with Gasteiger partial charge < -0.3 is 15.3 Å². The van der Waals surface area contributed by atoms with Crippen molar-refractivity contribution in [2.24, 2.45) is 0 Å². The summed E-state index contributed by atoms with van der Waals surface area (Å²) in [6.07, 6.45) is 0.0258. The van der Waals surface area contributed by atoms with Crippen LogP contribution in [-0.2, 0) is 9.53 Å². The van der Waals surface area contributed by atoms with Crippen molar-refractivity contribution in [2.45, 2.75) is 45.3 Å². The Morgan fingerprint density at radius 3 is 2.55 bits per heavy atom. The Labute approximate surface area is 130 Å². The molecule has 1 unspecified atom stereocenters. The molecule has 1 fully saturated rings. The Kier molecular flexibility index (Phi) is 4.53. The highest BCUT2D eigenvalue weighted by Crippen LogP contribution is 2.28. The van der Waals surface area contributed by atoms with Crippen LogP contribution in [0.1, 0.15) is 33.6 Å². The number of amides is 2. The van der Waals surface area contributed by atoms with E-state index in [1.54, 1.807) is 51.1 Å². The van der Waals surface area contributed by atoms with Crippen LogP contribution in [0.15, 0.2) is 30.3 Å². The summed E-state index contributed by atoms with van der Waals surface area (Å²) in [5.74, 6) is -0.381. The largest absolute Gasteiger partial charge is 0.620 e. The van der Waals surface area contributed by atoms with E-state index >= 15 is 0 Å². The number of carbonyl (C=O) groups excluding carboxylic acids is 2. The Bertz CT molecular complexity index is 553. The zero-order valence-corrected chi connectivity index (χ0v) is 13.2. The molecule has 2 atom stereocenters. The summed E-state index contributed by atoms with van der Waals surface area (Å²) in [4.78, 5) is 23.9. The normalized spacial score (nSPS) is 25.6. The predicted octanol–water partition coefficient (Wildman–Crippen LogP) is 2.71. The van der Waals surface area contributed by atoms with Crippen molar-refractivity contribution in [1.29, 1.82) is 0 Å². The fourth-order valence-electron chi connectivity index (χ4n) is 2.49. The Morgan fingerprint density at radius 2 is 1.95 bits per heavy atom. The number of benzene rings is 1. The first-order valence-corrected chi connectivity index (χ1v) is 7.38. The van der Waals surface area contributed by atoms with Crippen LogP contribution >= 0.6 is 0 Å². The van der Waals surface area contributed by atoms with E-state index in [2.05, 4.69) is 5.32 Å². The number of hydrogen-bond acceptors (Lipinski definition) is 4. The summed E-state index contributed by atoms with van der Waals surface area (Å²) >= 11 is 0. The third-order valence-corrected chi connectivity index (χ3v) is 3.48. The number of piperidine rings is 1. The lowest BCUT2D eigenvalue weighted by molar-refractivity contribution is -0.130. The first kappa shape index (κ1) is 16.5. The molecule has 1 aliphatic rings. The van der Waals surface area contributed by atoms with Gasteiger partial charge in [0.05, 0.1) is 12.5 Å². The molecule has 1 N–H and O–H groups in total. The summed E-state index contributed by atoms with van der Waals surface area (Å²) in [6, 6.07) is 8.14. The van der Waals surface area contributed by atoms with Crippen LogP contribution in [0.25, 0.3) is 0 Å². The molecule has 6 heteroatoms. The minimum atomic E-state index is -1.04. The molecule has 120 valence electrons. The molecule has 0 bridgehead atoms. The second-order valence-electron chi connectivity index (χ2n) is 6.53. The highest BCUT2D eigenvalue weighted by molar-refractivity contribution is 5.90. The fraction of sp³-hybridized carbons (Fsp3) is 0.500. The van der Waals surface area contributed by atoms with Gasteiger partial charge in [0, 0.05) is 0 Å². The van der Waals surface area contributed by atoms with E-state index < -0.39 is 16.3 Å². The molecule has 0 radical (unpaired) electrons. The van der Waals surface area contributed by atoms with Crippen molar-refractivity contribution in [2.75, 3.05) is 6.54 Å². The van der Waals surface area contributed by atoms with Gasteiger partial charge in [-0.25, -0.2) is 9.59 Å². The van der Waals surface area contributed by atoms with E-state index in [1.165, 1.54) is 0 Å². The lowest BCUT2D eigenvalue weighted by Gasteiger charge is -2.44. The van der Waals surface area contributed by atoms with Crippen molar-refractivity contribution in [3.63, 3.8) is 0 Å². The minimum Gasteiger partial charge on any atom is -0.620 e. The maximum Gasteiger partial charge on any atom is 0.408 e. The molecule has 6 nitrogen and oxygen atoms in total. The van der Waals surface area contributed by atoms with Gasteiger partial charge in [0.25, 0.3) is 0 Å². The van der Waals surface area contributed by atoms with Crippen LogP contribution in [0.3, 0.4) is 0 Å². The highest BCUT2D eigenvalue weighted by Gasteiger charge is 2.39. The summed E-state index contributed by atoms with van der Waals surface area (Å²) in [5, 5.41) is 15.6. The molecular formula is C16H22N2O4. The zero-order valence-electron chi connectivity index (χ0n) is 13.2. The minimum absolute atomic E-state index is 0.0118. The van der Waals surface area contributed by atoms with Crippen LogP contribution in [-0.4, -0.2) is 30.2 Å². The molecule has 22 heavy (non-hydrogen) atoms. The maximum atomic E-state index is 12.9. The molecule has 0 aliphatic carbocycles. The van der Waals surface area contributed by atoms with E-state index in [4.69, 9.17) is 4.74 Å². The highest BCUT2D eigenvalue weighted by atomic mass is 16.6. The van der Waals surface area contributed by atoms with Crippen molar-refractivity contribution < 1.29 is 14.3 Å². The van der Waals surface area contributed by atoms with Crippen LogP contribution in [0.4, 0.5) is 10.5 Å². The molecular weight excluding hydrogens is 284 g/mol. The summed E-state index contributed by atoms with van der Waals surface area (Å²) in [5.41, 5.74) is -0.208. The third-order valence-electron chi connectivity index (χ3n) is 3.48. The third kappa shape index (κ3) is 3.84.